The molecule has 0 aliphatic carbocycles. The van der Waals surface area contributed by atoms with Gasteiger partial charge in [-0.15, -0.1) is 6.58 Å². The summed E-state index contributed by atoms with van der Waals surface area (Å²) in [6.45, 7) is 15.0. The highest BCUT2D eigenvalue weighted by Crippen LogP contribution is 2.42. The Bertz CT molecular complexity index is 376. The molecular weight excluding hydrogens is 300 g/mol. The summed E-state index contributed by atoms with van der Waals surface area (Å²) in [6.07, 6.45) is 2.78. The maximum absolute atomic E-state index is 12.1. The fraction of sp³-hybridized carbons (Fsp3) is 0.812. The second-order valence-electron chi connectivity index (χ2n) is 7.29. The summed E-state index contributed by atoms with van der Waals surface area (Å²) in [5.74, 6) is 1.87. The number of hydrogen-bond acceptors (Lipinski definition) is 4. The number of methoxy groups -OCH3 is 1. The van der Waals surface area contributed by atoms with Crippen molar-refractivity contribution in [1.29, 1.82) is 0 Å². The molecule has 1 saturated heterocycles. The zero-order chi connectivity index (χ0) is 16.3. The lowest BCUT2D eigenvalue weighted by molar-refractivity contribution is -0.149. The minimum absolute atomic E-state index is 0.0439. The number of esters is 1. The van der Waals surface area contributed by atoms with Crippen LogP contribution in [-0.4, -0.2) is 39.0 Å². The summed E-state index contributed by atoms with van der Waals surface area (Å²) in [4.78, 5) is 12.1. The number of carbonyl (C=O) groups excluding carboxylic acids is 1. The molecule has 0 bridgehead atoms. The molecule has 1 aliphatic rings. The molecule has 3 atom stereocenters. The van der Waals surface area contributed by atoms with Gasteiger partial charge < -0.3 is 9.16 Å². The van der Waals surface area contributed by atoms with Crippen molar-refractivity contribution in [2.45, 2.75) is 51.4 Å². The van der Waals surface area contributed by atoms with E-state index in [4.69, 9.17) is 9.16 Å². The molecule has 0 aromatic heterocycles. The maximum Gasteiger partial charge on any atom is 0.312 e. The molecule has 3 nitrogen and oxygen atoms in total. The number of allylic oxidation sites excluding steroid dienone is 1. The van der Waals surface area contributed by atoms with Gasteiger partial charge in [-0.2, -0.15) is 11.8 Å². The van der Waals surface area contributed by atoms with Gasteiger partial charge in [-0.1, -0.05) is 26.8 Å². The fourth-order valence-electron chi connectivity index (χ4n) is 2.33. The molecule has 1 rings (SSSR count). The van der Waals surface area contributed by atoms with Crippen LogP contribution in [-0.2, 0) is 14.0 Å². The molecule has 21 heavy (non-hydrogen) atoms. The number of ether oxygens (including phenoxy) is 1. The molecule has 1 aliphatic heterocycles. The van der Waals surface area contributed by atoms with Gasteiger partial charge in [0.25, 0.3) is 0 Å². The van der Waals surface area contributed by atoms with Crippen molar-refractivity contribution < 1.29 is 14.0 Å². The first-order valence-electron chi connectivity index (χ1n) is 7.58. The zero-order valence-electron chi connectivity index (χ0n) is 14.3. The van der Waals surface area contributed by atoms with E-state index in [0.717, 1.165) is 17.9 Å². The van der Waals surface area contributed by atoms with Crippen LogP contribution in [0.15, 0.2) is 12.7 Å². The van der Waals surface area contributed by atoms with E-state index in [1.54, 1.807) is 0 Å². The Kier molecular flexibility index (Phi) is 6.56. The fourth-order valence-corrected chi connectivity index (χ4v) is 5.06. The minimum Gasteiger partial charge on any atom is -0.469 e. The van der Waals surface area contributed by atoms with Crippen LogP contribution in [0, 0.1) is 11.8 Å². The van der Waals surface area contributed by atoms with Crippen LogP contribution in [0.3, 0.4) is 0 Å². The van der Waals surface area contributed by atoms with E-state index in [0.29, 0.717) is 5.92 Å². The lowest BCUT2D eigenvalue weighted by Crippen LogP contribution is -2.52. The Morgan fingerprint density at radius 1 is 1.38 bits per heavy atom. The van der Waals surface area contributed by atoms with E-state index >= 15 is 0 Å². The third kappa shape index (κ3) is 4.60. The van der Waals surface area contributed by atoms with E-state index < -0.39 is 8.32 Å². The molecule has 0 aromatic carbocycles. The van der Waals surface area contributed by atoms with Gasteiger partial charge in [0.05, 0.1) is 19.1 Å². The quantitative estimate of drug-likeness (QED) is 0.432. The summed E-state index contributed by atoms with van der Waals surface area (Å²) < 4.78 is 11.6. The molecule has 0 amide bonds. The van der Waals surface area contributed by atoms with Gasteiger partial charge in [0, 0.05) is 5.75 Å². The highest BCUT2D eigenvalue weighted by atomic mass is 32.2. The summed E-state index contributed by atoms with van der Waals surface area (Å²) in [7, 11) is -0.449. The monoisotopic (exact) mass is 330 g/mol. The smallest absolute Gasteiger partial charge is 0.312 e. The predicted octanol–water partition coefficient (Wildman–Crippen LogP) is 4.11. The van der Waals surface area contributed by atoms with Gasteiger partial charge in [0.1, 0.15) is 0 Å². The average Bonchev–Trinajstić information content (AvgIpc) is 2.38. The van der Waals surface area contributed by atoms with Crippen LogP contribution in [0.25, 0.3) is 0 Å². The first kappa shape index (κ1) is 18.8. The Hall–Kier alpha value is -0.263. The third-order valence-electron chi connectivity index (χ3n) is 4.70. The molecule has 0 saturated carbocycles. The number of hydrogen-bond donors (Lipinski definition) is 0. The highest BCUT2D eigenvalue weighted by Gasteiger charge is 2.46. The SMILES string of the molecule is C=CCC1CSCC(C(=O)OC)C1O[Si](C)(C)C(C)(C)C. The minimum atomic E-state index is -1.91. The normalized spacial score (nSPS) is 27.2. The summed E-state index contributed by atoms with van der Waals surface area (Å²) in [5.41, 5.74) is 0. The lowest BCUT2D eigenvalue weighted by atomic mass is 9.90. The summed E-state index contributed by atoms with van der Waals surface area (Å²) >= 11 is 1.82. The van der Waals surface area contributed by atoms with Gasteiger partial charge in [0.15, 0.2) is 8.32 Å². The number of thioether (sulfide) groups is 1. The Morgan fingerprint density at radius 2 is 2.00 bits per heavy atom. The summed E-state index contributed by atoms with van der Waals surface area (Å²) in [5, 5.41) is 0.136. The van der Waals surface area contributed by atoms with E-state index in [2.05, 4.69) is 40.4 Å². The first-order valence-corrected chi connectivity index (χ1v) is 11.6. The number of rotatable bonds is 5. The third-order valence-corrected chi connectivity index (χ3v) is 10.4. The highest BCUT2D eigenvalue weighted by molar-refractivity contribution is 7.99. The topological polar surface area (TPSA) is 35.5 Å². The molecule has 0 radical (unpaired) electrons. The van der Waals surface area contributed by atoms with Crippen LogP contribution in [0.5, 0.6) is 0 Å². The van der Waals surface area contributed by atoms with Crippen LogP contribution in [0.1, 0.15) is 27.2 Å². The maximum atomic E-state index is 12.1. The number of carbonyl (C=O) groups is 1. The Labute approximate surface area is 135 Å². The van der Waals surface area contributed by atoms with Crippen molar-refractivity contribution in [3.05, 3.63) is 12.7 Å². The van der Waals surface area contributed by atoms with Crippen LogP contribution in [0.4, 0.5) is 0 Å². The van der Waals surface area contributed by atoms with E-state index in [-0.39, 0.29) is 23.0 Å². The lowest BCUT2D eigenvalue weighted by Gasteiger charge is -2.45. The molecule has 0 N–H and O–H groups in total. The Balaban J connectivity index is 3.01. The Morgan fingerprint density at radius 3 is 2.48 bits per heavy atom. The second-order valence-corrected chi connectivity index (χ2v) is 13.1. The van der Waals surface area contributed by atoms with Crippen molar-refractivity contribution in [3.63, 3.8) is 0 Å². The first-order chi connectivity index (χ1) is 9.64. The van der Waals surface area contributed by atoms with Crippen LogP contribution in [0.2, 0.25) is 18.1 Å². The molecule has 3 unspecified atom stereocenters. The predicted molar refractivity (Wildman–Crippen MR) is 93.2 cm³/mol. The molecule has 5 heteroatoms. The van der Waals surface area contributed by atoms with Crippen molar-refractivity contribution in [1.82, 2.24) is 0 Å². The van der Waals surface area contributed by atoms with Crippen molar-refractivity contribution in [2.24, 2.45) is 11.8 Å². The average molecular weight is 331 g/mol. The summed E-state index contributed by atoms with van der Waals surface area (Å²) in [6, 6.07) is 0. The van der Waals surface area contributed by atoms with E-state index in [1.165, 1.54) is 7.11 Å². The standard InChI is InChI=1S/C16H30O3SSi/c1-8-9-12-10-20-11-13(15(17)18-5)14(12)19-21(6,7)16(2,3)4/h8,12-14H,1,9-11H2,2-7H3. The van der Waals surface area contributed by atoms with Crippen molar-refractivity contribution in [2.75, 3.05) is 18.6 Å². The molecule has 122 valence electrons. The van der Waals surface area contributed by atoms with Crippen LogP contribution < -0.4 is 0 Å². The molecule has 0 spiro atoms. The molecular formula is C16H30O3SSi. The van der Waals surface area contributed by atoms with Crippen molar-refractivity contribution >= 4 is 26.0 Å². The van der Waals surface area contributed by atoms with Crippen molar-refractivity contribution in [3.8, 4) is 0 Å². The molecule has 1 heterocycles. The molecule has 1 fully saturated rings. The zero-order valence-corrected chi connectivity index (χ0v) is 16.1. The van der Waals surface area contributed by atoms with Gasteiger partial charge in [-0.05, 0) is 36.2 Å². The van der Waals surface area contributed by atoms with Gasteiger partial charge >= 0.3 is 5.97 Å². The van der Waals surface area contributed by atoms with E-state index in [1.807, 2.05) is 17.8 Å². The largest absolute Gasteiger partial charge is 0.469 e. The van der Waals surface area contributed by atoms with E-state index in [9.17, 15) is 4.79 Å². The molecule has 0 aromatic rings. The van der Waals surface area contributed by atoms with Gasteiger partial charge in [-0.25, -0.2) is 0 Å². The van der Waals surface area contributed by atoms with Crippen LogP contribution >= 0.6 is 11.8 Å². The second kappa shape index (κ2) is 7.33. The van der Waals surface area contributed by atoms with Gasteiger partial charge in [0.2, 0.25) is 0 Å². The van der Waals surface area contributed by atoms with Gasteiger partial charge in [-0.3, -0.25) is 4.79 Å².